The average Bonchev–Trinajstić information content (AvgIpc) is 2.32. The Labute approximate surface area is 123 Å². The molecule has 0 aliphatic rings. The Bertz CT molecular complexity index is 584. The molecule has 0 bridgehead atoms. The van der Waals surface area contributed by atoms with Crippen LogP contribution in [0.25, 0.3) is 0 Å². The summed E-state index contributed by atoms with van der Waals surface area (Å²) in [5.74, 6) is -1.07. The van der Waals surface area contributed by atoms with E-state index in [2.05, 4.69) is 15.9 Å². The van der Waals surface area contributed by atoms with Gasteiger partial charge in [-0.2, -0.15) is 0 Å². The predicted octanol–water partition coefficient (Wildman–Crippen LogP) is 4.66. The van der Waals surface area contributed by atoms with Gasteiger partial charge in [0, 0.05) is 15.9 Å². The Kier molecular flexibility index (Phi) is 4.55. The molecule has 0 fully saturated rings. The number of rotatable bonds is 3. The van der Waals surface area contributed by atoms with Crippen LogP contribution >= 0.6 is 27.5 Å². The number of aliphatic hydroxyl groups is 1. The van der Waals surface area contributed by atoms with Gasteiger partial charge in [-0.15, -0.1) is 0 Å². The summed E-state index contributed by atoms with van der Waals surface area (Å²) in [5, 5.41) is 10.5. The number of benzene rings is 2. The summed E-state index contributed by atoms with van der Waals surface area (Å²) in [6.07, 6.45) is -0.970. The molecule has 1 unspecified atom stereocenters. The standard InChI is InChI=1S/C14H10BrClF2O/c15-10-3-9(4-11(16)7-10)14(19)6-8-5-12(17)1-2-13(8)18/h1-5,7,14,19H,6H2. The monoisotopic (exact) mass is 346 g/mol. The molecule has 1 atom stereocenters. The van der Waals surface area contributed by atoms with E-state index in [1.54, 1.807) is 18.2 Å². The van der Waals surface area contributed by atoms with E-state index in [4.69, 9.17) is 11.6 Å². The highest BCUT2D eigenvalue weighted by molar-refractivity contribution is 9.10. The maximum Gasteiger partial charge on any atom is 0.126 e. The minimum Gasteiger partial charge on any atom is -0.388 e. The van der Waals surface area contributed by atoms with E-state index in [0.29, 0.717) is 15.1 Å². The van der Waals surface area contributed by atoms with Crippen molar-refractivity contribution < 1.29 is 13.9 Å². The molecule has 0 aromatic heterocycles. The zero-order chi connectivity index (χ0) is 14.0. The van der Waals surface area contributed by atoms with E-state index in [1.165, 1.54) is 0 Å². The molecule has 0 aliphatic carbocycles. The van der Waals surface area contributed by atoms with Crippen molar-refractivity contribution in [2.24, 2.45) is 0 Å². The van der Waals surface area contributed by atoms with E-state index in [0.717, 1.165) is 18.2 Å². The van der Waals surface area contributed by atoms with Crippen molar-refractivity contribution >= 4 is 27.5 Å². The van der Waals surface area contributed by atoms with Gasteiger partial charge in [0.2, 0.25) is 0 Å². The molecule has 2 aromatic rings. The van der Waals surface area contributed by atoms with Crippen LogP contribution in [-0.2, 0) is 6.42 Å². The zero-order valence-electron chi connectivity index (χ0n) is 9.71. The highest BCUT2D eigenvalue weighted by atomic mass is 79.9. The second-order valence-electron chi connectivity index (χ2n) is 4.16. The van der Waals surface area contributed by atoms with Crippen molar-refractivity contribution in [3.8, 4) is 0 Å². The lowest BCUT2D eigenvalue weighted by Crippen LogP contribution is -2.04. The number of hydrogen-bond acceptors (Lipinski definition) is 1. The molecule has 0 saturated heterocycles. The maximum atomic E-state index is 13.5. The molecule has 0 saturated carbocycles. The Balaban J connectivity index is 2.25. The van der Waals surface area contributed by atoms with E-state index in [-0.39, 0.29) is 12.0 Å². The summed E-state index contributed by atoms with van der Waals surface area (Å²) in [6, 6.07) is 8.13. The molecular weight excluding hydrogens is 338 g/mol. The van der Waals surface area contributed by atoms with E-state index >= 15 is 0 Å². The summed E-state index contributed by atoms with van der Waals surface area (Å²) < 4.78 is 27.3. The topological polar surface area (TPSA) is 20.2 Å². The normalized spacial score (nSPS) is 12.5. The molecular formula is C14H10BrClF2O. The van der Waals surface area contributed by atoms with Gasteiger partial charge in [-0.05, 0) is 47.5 Å². The summed E-state index contributed by atoms with van der Waals surface area (Å²) in [7, 11) is 0. The Morgan fingerprint density at radius 2 is 1.89 bits per heavy atom. The van der Waals surface area contributed by atoms with Gasteiger partial charge >= 0.3 is 0 Å². The first-order valence-electron chi connectivity index (χ1n) is 5.53. The smallest absolute Gasteiger partial charge is 0.126 e. The summed E-state index contributed by atoms with van der Waals surface area (Å²) >= 11 is 9.14. The third-order valence-corrected chi connectivity index (χ3v) is 3.37. The van der Waals surface area contributed by atoms with Gasteiger partial charge in [0.15, 0.2) is 0 Å². The lowest BCUT2D eigenvalue weighted by atomic mass is 10.0. The number of aliphatic hydroxyl groups excluding tert-OH is 1. The fraction of sp³-hybridized carbons (Fsp3) is 0.143. The van der Waals surface area contributed by atoms with Crippen LogP contribution in [0.15, 0.2) is 40.9 Å². The predicted molar refractivity (Wildman–Crippen MR) is 74.2 cm³/mol. The van der Waals surface area contributed by atoms with Gasteiger partial charge in [0.1, 0.15) is 11.6 Å². The van der Waals surface area contributed by atoms with Gasteiger partial charge < -0.3 is 5.11 Å². The Hall–Kier alpha value is -0.970. The SMILES string of the molecule is OC(Cc1cc(F)ccc1F)c1cc(Cl)cc(Br)c1. The lowest BCUT2D eigenvalue weighted by Gasteiger charge is -2.13. The van der Waals surface area contributed by atoms with Gasteiger partial charge in [-0.1, -0.05) is 27.5 Å². The second kappa shape index (κ2) is 5.99. The van der Waals surface area contributed by atoms with Crippen LogP contribution in [0.3, 0.4) is 0 Å². The fourth-order valence-corrected chi connectivity index (χ4v) is 2.68. The Morgan fingerprint density at radius 3 is 2.58 bits per heavy atom. The largest absolute Gasteiger partial charge is 0.388 e. The Morgan fingerprint density at radius 1 is 1.16 bits per heavy atom. The van der Waals surface area contributed by atoms with Crippen LogP contribution in [0.5, 0.6) is 0 Å². The quantitative estimate of drug-likeness (QED) is 0.856. The first-order chi connectivity index (χ1) is 8.95. The van der Waals surface area contributed by atoms with Crippen LogP contribution in [0.1, 0.15) is 17.2 Å². The molecule has 2 aromatic carbocycles. The van der Waals surface area contributed by atoms with Gasteiger partial charge in [0.05, 0.1) is 6.10 Å². The van der Waals surface area contributed by atoms with Crippen molar-refractivity contribution in [2.75, 3.05) is 0 Å². The molecule has 5 heteroatoms. The van der Waals surface area contributed by atoms with Crippen LogP contribution in [0.4, 0.5) is 8.78 Å². The molecule has 100 valence electrons. The van der Waals surface area contributed by atoms with Gasteiger partial charge in [0.25, 0.3) is 0 Å². The zero-order valence-corrected chi connectivity index (χ0v) is 12.0. The third kappa shape index (κ3) is 3.75. The minimum atomic E-state index is -0.953. The van der Waals surface area contributed by atoms with Crippen LogP contribution in [0, 0.1) is 11.6 Å². The van der Waals surface area contributed by atoms with Gasteiger partial charge in [-0.3, -0.25) is 0 Å². The third-order valence-electron chi connectivity index (χ3n) is 2.69. The van der Waals surface area contributed by atoms with Gasteiger partial charge in [-0.25, -0.2) is 8.78 Å². The fourth-order valence-electron chi connectivity index (χ4n) is 1.79. The van der Waals surface area contributed by atoms with E-state index in [1.807, 2.05) is 0 Å². The van der Waals surface area contributed by atoms with E-state index < -0.39 is 17.7 Å². The molecule has 0 radical (unpaired) electrons. The van der Waals surface area contributed by atoms with Crippen molar-refractivity contribution in [1.29, 1.82) is 0 Å². The minimum absolute atomic E-state index is 0.0175. The van der Waals surface area contributed by atoms with Crippen molar-refractivity contribution in [1.82, 2.24) is 0 Å². The highest BCUT2D eigenvalue weighted by Crippen LogP contribution is 2.26. The van der Waals surface area contributed by atoms with Crippen molar-refractivity contribution in [3.05, 3.63) is 68.7 Å². The first-order valence-corrected chi connectivity index (χ1v) is 6.71. The average molecular weight is 348 g/mol. The first kappa shape index (κ1) is 14.4. The summed E-state index contributed by atoms with van der Waals surface area (Å²) in [5.41, 5.74) is 0.673. The summed E-state index contributed by atoms with van der Waals surface area (Å²) in [4.78, 5) is 0. The maximum absolute atomic E-state index is 13.5. The van der Waals surface area contributed by atoms with Crippen LogP contribution < -0.4 is 0 Å². The van der Waals surface area contributed by atoms with Crippen molar-refractivity contribution in [3.63, 3.8) is 0 Å². The number of hydrogen-bond donors (Lipinski definition) is 1. The second-order valence-corrected chi connectivity index (χ2v) is 5.51. The van der Waals surface area contributed by atoms with Crippen LogP contribution in [-0.4, -0.2) is 5.11 Å². The molecule has 1 nitrogen and oxygen atoms in total. The molecule has 0 heterocycles. The highest BCUT2D eigenvalue weighted by Gasteiger charge is 2.13. The van der Waals surface area contributed by atoms with E-state index in [9.17, 15) is 13.9 Å². The summed E-state index contributed by atoms with van der Waals surface area (Å²) in [6.45, 7) is 0. The molecule has 0 aliphatic heterocycles. The molecule has 19 heavy (non-hydrogen) atoms. The molecule has 0 spiro atoms. The number of halogens is 4. The lowest BCUT2D eigenvalue weighted by molar-refractivity contribution is 0.177. The molecule has 0 amide bonds. The van der Waals surface area contributed by atoms with Crippen molar-refractivity contribution in [2.45, 2.75) is 12.5 Å². The molecule has 2 rings (SSSR count). The molecule has 1 N–H and O–H groups in total. The van der Waals surface area contributed by atoms with Crippen LogP contribution in [0.2, 0.25) is 5.02 Å².